The van der Waals surface area contributed by atoms with Gasteiger partial charge in [-0.25, -0.2) is 9.18 Å². The molecule has 1 unspecified atom stereocenters. The molecule has 26 heavy (non-hydrogen) atoms. The van der Waals surface area contributed by atoms with Gasteiger partial charge in [-0.3, -0.25) is 4.79 Å². The highest BCUT2D eigenvalue weighted by Gasteiger charge is 2.39. The number of nitrogens with zero attached hydrogens (tertiary/aromatic N) is 1. The number of carboxylic acid groups (broad SMARTS) is 1. The Morgan fingerprint density at radius 3 is 2.50 bits per heavy atom. The molecule has 0 fully saturated rings. The van der Waals surface area contributed by atoms with Crippen LogP contribution in [-0.4, -0.2) is 22.7 Å². The number of alkyl halides is 1. The maximum Gasteiger partial charge on any atom is 0.332 e. The first-order valence-electron chi connectivity index (χ1n) is 8.28. The van der Waals surface area contributed by atoms with Crippen molar-refractivity contribution in [3.8, 4) is 6.07 Å². The first-order chi connectivity index (χ1) is 12.4. The largest absolute Gasteiger partial charge is 0.478 e. The molecule has 0 heterocycles. The van der Waals surface area contributed by atoms with Gasteiger partial charge in [0.2, 0.25) is 5.67 Å². The molecule has 6 heteroatoms. The number of carbonyl (C=O) groups excluding carboxylic acids is 1. The molecule has 1 aromatic rings. The van der Waals surface area contributed by atoms with Gasteiger partial charge in [-0.15, -0.1) is 0 Å². The van der Waals surface area contributed by atoms with Crippen LogP contribution >= 0.6 is 0 Å². The monoisotopic (exact) mass is 352 g/mol. The molecule has 0 saturated heterocycles. The van der Waals surface area contributed by atoms with Crippen molar-refractivity contribution in [2.75, 3.05) is 0 Å². The van der Waals surface area contributed by atoms with E-state index < -0.39 is 17.5 Å². The average Bonchev–Trinajstić information content (AvgIpc) is 3.14. The lowest BCUT2D eigenvalue weighted by Crippen LogP contribution is -2.38. The summed E-state index contributed by atoms with van der Waals surface area (Å²) in [5.74, 6) is -1.79. The van der Waals surface area contributed by atoms with Crippen molar-refractivity contribution in [1.82, 2.24) is 5.32 Å². The van der Waals surface area contributed by atoms with Crippen LogP contribution in [0.3, 0.4) is 0 Å². The third kappa shape index (κ3) is 3.29. The summed E-state index contributed by atoms with van der Waals surface area (Å²) in [7, 11) is 0. The van der Waals surface area contributed by atoms with Crippen LogP contribution < -0.4 is 5.32 Å². The van der Waals surface area contributed by atoms with Gasteiger partial charge in [0.25, 0.3) is 5.91 Å². The molecule has 2 N–H and O–H groups in total. The predicted molar refractivity (Wildman–Crippen MR) is 93.2 cm³/mol. The number of carboxylic acids is 1. The summed E-state index contributed by atoms with van der Waals surface area (Å²) in [6.07, 6.45) is 4.07. The quantitative estimate of drug-likeness (QED) is 0.870. The van der Waals surface area contributed by atoms with Crippen LogP contribution in [-0.2, 0) is 9.59 Å². The van der Waals surface area contributed by atoms with Gasteiger partial charge in [0.05, 0.1) is 5.70 Å². The molecule has 0 bridgehead atoms. The van der Waals surface area contributed by atoms with E-state index in [9.17, 15) is 14.9 Å². The molecule has 1 aromatic carbocycles. The maximum atomic E-state index is 15.2. The molecule has 0 saturated carbocycles. The standard InChI is InChI=1S/C20H17FN2O3/c21-20(12-22)11-14(13-5-2-1-3-6-13)9-10-17(20)23-18(24)15-7-4-8-16(15)19(25)26/h1-3,5-6,9-10H,4,7-8,11H2,(H,23,24)(H,25,26). The van der Waals surface area contributed by atoms with Gasteiger partial charge < -0.3 is 10.4 Å². The molecule has 3 rings (SSSR count). The van der Waals surface area contributed by atoms with E-state index >= 15 is 4.39 Å². The second-order valence-electron chi connectivity index (χ2n) is 6.30. The number of hydrogen-bond donors (Lipinski definition) is 2. The molecule has 0 aliphatic heterocycles. The zero-order valence-corrected chi connectivity index (χ0v) is 14.0. The van der Waals surface area contributed by atoms with Gasteiger partial charge in [0.15, 0.2) is 0 Å². The maximum absolute atomic E-state index is 15.2. The zero-order valence-electron chi connectivity index (χ0n) is 14.0. The van der Waals surface area contributed by atoms with E-state index in [1.807, 2.05) is 30.3 Å². The van der Waals surface area contributed by atoms with Crippen LogP contribution in [0.4, 0.5) is 4.39 Å². The van der Waals surface area contributed by atoms with E-state index in [2.05, 4.69) is 5.32 Å². The molecule has 1 amide bonds. The number of halogens is 1. The molecule has 2 aliphatic carbocycles. The van der Waals surface area contributed by atoms with Gasteiger partial charge in [0.1, 0.15) is 6.07 Å². The van der Waals surface area contributed by atoms with Crippen LogP contribution in [0.15, 0.2) is 59.3 Å². The van der Waals surface area contributed by atoms with Crippen LogP contribution in [0, 0.1) is 11.3 Å². The summed E-state index contributed by atoms with van der Waals surface area (Å²) in [5.41, 5.74) is -0.874. The number of aliphatic carboxylic acids is 1. The van der Waals surface area contributed by atoms with Crippen molar-refractivity contribution >= 4 is 17.4 Å². The van der Waals surface area contributed by atoms with Gasteiger partial charge in [-0.1, -0.05) is 36.4 Å². The fourth-order valence-electron chi connectivity index (χ4n) is 3.25. The lowest BCUT2D eigenvalue weighted by Gasteiger charge is -2.26. The van der Waals surface area contributed by atoms with Crippen molar-refractivity contribution in [2.45, 2.75) is 31.4 Å². The zero-order chi connectivity index (χ0) is 18.7. The Hall–Kier alpha value is -3.20. The summed E-state index contributed by atoms with van der Waals surface area (Å²) >= 11 is 0. The highest BCUT2D eigenvalue weighted by Crippen LogP contribution is 2.36. The molecule has 0 radical (unpaired) electrons. The third-order valence-electron chi connectivity index (χ3n) is 4.63. The number of hydrogen-bond acceptors (Lipinski definition) is 3. The summed E-state index contributed by atoms with van der Waals surface area (Å²) in [4.78, 5) is 23.6. The number of benzene rings is 1. The second-order valence-corrected chi connectivity index (χ2v) is 6.30. The molecule has 132 valence electrons. The summed E-state index contributed by atoms with van der Waals surface area (Å²) in [6, 6.07) is 10.8. The number of nitrogens with one attached hydrogen (secondary N) is 1. The van der Waals surface area contributed by atoms with E-state index in [0.29, 0.717) is 24.8 Å². The van der Waals surface area contributed by atoms with Crippen molar-refractivity contribution in [3.63, 3.8) is 0 Å². The van der Waals surface area contributed by atoms with Gasteiger partial charge in [-0.05, 0) is 36.5 Å². The van der Waals surface area contributed by atoms with E-state index in [4.69, 9.17) is 5.11 Å². The van der Waals surface area contributed by atoms with Gasteiger partial charge in [0, 0.05) is 17.6 Å². The smallest absolute Gasteiger partial charge is 0.332 e. The van der Waals surface area contributed by atoms with E-state index in [-0.39, 0.29) is 23.3 Å². The highest BCUT2D eigenvalue weighted by molar-refractivity contribution is 6.03. The van der Waals surface area contributed by atoms with Gasteiger partial charge >= 0.3 is 5.97 Å². The number of rotatable bonds is 4. The Morgan fingerprint density at radius 2 is 1.85 bits per heavy atom. The Kier molecular flexibility index (Phi) is 4.72. The number of nitriles is 1. The molecule has 2 aliphatic rings. The van der Waals surface area contributed by atoms with Crippen LogP contribution in [0.25, 0.3) is 5.57 Å². The summed E-state index contributed by atoms with van der Waals surface area (Å²) in [5, 5.41) is 20.9. The van der Waals surface area contributed by atoms with Crippen molar-refractivity contribution in [1.29, 1.82) is 5.26 Å². The Bertz CT molecular complexity index is 893. The van der Waals surface area contributed by atoms with E-state index in [1.54, 1.807) is 12.1 Å². The fourth-order valence-corrected chi connectivity index (χ4v) is 3.25. The molecule has 1 atom stereocenters. The predicted octanol–water partition coefficient (Wildman–Crippen LogP) is 3.27. The van der Waals surface area contributed by atoms with Crippen molar-refractivity contribution < 1.29 is 19.1 Å². The first kappa shape index (κ1) is 17.6. The average molecular weight is 352 g/mol. The van der Waals surface area contributed by atoms with E-state index in [1.165, 1.54) is 6.08 Å². The van der Waals surface area contributed by atoms with Gasteiger partial charge in [-0.2, -0.15) is 5.26 Å². The lowest BCUT2D eigenvalue weighted by atomic mass is 9.86. The number of carbonyl (C=O) groups is 2. The normalized spacial score (nSPS) is 22.3. The Morgan fingerprint density at radius 1 is 1.15 bits per heavy atom. The Labute approximate surface area is 150 Å². The number of amides is 1. The molecule has 0 aromatic heterocycles. The lowest BCUT2D eigenvalue weighted by molar-refractivity contribution is -0.133. The molecule has 5 nitrogen and oxygen atoms in total. The highest BCUT2D eigenvalue weighted by atomic mass is 19.1. The molecular weight excluding hydrogens is 335 g/mol. The SMILES string of the molecule is N#CC1(F)CC(c2ccccc2)=CC=C1NC(=O)C1=C(C(=O)O)CCC1. The van der Waals surface area contributed by atoms with Crippen molar-refractivity contribution in [2.24, 2.45) is 0 Å². The van der Waals surface area contributed by atoms with Crippen LogP contribution in [0.1, 0.15) is 31.2 Å². The summed E-state index contributed by atoms with van der Waals surface area (Å²) in [6.45, 7) is 0. The first-order valence-corrected chi connectivity index (χ1v) is 8.28. The summed E-state index contributed by atoms with van der Waals surface area (Å²) < 4.78 is 15.2. The second kappa shape index (κ2) is 6.96. The minimum atomic E-state index is -2.38. The fraction of sp³-hybridized carbons (Fsp3) is 0.250. The molecule has 0 spiro atoms. The topological polar surface area (TPSA) is 90.2 Å². The third-order valence-corrected chi connectivity index (χ3v) is 4.63. The van der Waals surface area contributed by atoms with Crippen LogP contribution in [0.2, 0.25) is 0 Å². The minimum Gasteiger partial charge on any atom is -0.478 e. The minimum absolute atomic E-state index is 0.0563. The van der Waals surface area contributed by atoms with Crippen LogP contribution in [0.5, 0.6) is 0 Å². The number of allylic oxidation sites excluding steroid dienone is 4. The Balaban J connectivity index is 1.89. The van der Waals surface area contributed by atoms with E-state index in [0.717, 1.165) is 5.56 Å². The van der Waals surface area contributed by atoms with Crippen molar-refractivity contribution in [3.05, 3.63) is 64.9 Å². The molecular formula is C20H17FN2O3.